The summed E-state index contributed by atoms with van der Waals surface area (Å²) >= 11 is 0. The molecule has 1 saturated carbocycles. The van der Waals surface area contributed by atoms with Crippen molar-refractivity contribution in [3.63, 3.8) is 0 Å². The third-order valence-corrected chi connectivity index (χ3v) is 5.26. The van der Waals surface area contributed by atoms with Crippen molar-refractivity contribution in [3.8, 4) is 0 Å². The molecule has 0 radical (unpaired) electrons. The van der Waals surface area contributed by atoms with Gasteiger partial charge in [0, 0.05) is 25.2 Å². The average molecular weight is 252 g/mol. The highest BCUT2D eigenvalue weighted by molar-refractivity contribution is 4.91. The number of nitrogens with zero attached hydrogens (tertiary/aromatic N) is 2. The van der Waals surface area contributed by atoms with Crippen molar-refractivity contribution in [3.05, 3.63) is 0 Å². The molecular formula is C15H28N2O. The zero-order valence-electron chi connectivity index (χ0n) is 11.6. The van der Waals surface area contributed by atoms with Crippen LogP contribution in [-0.2, 0) is 0 Å². The Morgan fingerprint density at radius 1 is 0.722 bits per heavy atom. The molecule has 1 aliphatic carbocycles. The van der Waals surface area contributed by atoms with Crippen LogP contribution in [0.25, 0.3) is 0 Å². The molecule has 0 bridgehead atoms. The molecule has 3 heteroatoms. The second-order valence-electron chi connectivity index (χ2n) is 6.45. The Morgan fingerprint density at radius 3 is 2.33 bits per heavy atom. The van der Waals surface area contributed by atoms with Crippen molar-refractivity contribution < 1.29 is 5.11 Å². The molecule has 0 amide bonds. The van der Waals surface area contributed by atoms with E-state index in [0.29, 0.717) is 6.04 Å². The molecule has 104 valence electrons. The third kappa shape index (κ3) is 2.73. The van der Waals surface area contributed by atoms with Gasteiger partial charge in [-0.1, -0.05) is 19.3 Å². The van der Waals surface area contributed by atoms with Crippen molar-refractivity contribution in [1.82, 2.24) is 9.80 Å². The van der Waals surface area contributed by atoms with E-state index < -0.39 is 0 Å². The predicted molar refractivity (Wildman–Crippen MR) is 73.7 cm³/mol. The van der Waals surface area contributed by atoms with E-state index in [0.717, 1.165) is 12.5 Å². The molecule has 0 aromatic heterocycles. The highest BCUT2D eigenvalue weighted by atomic mass is 16.3. The first-order chi connectivity index (χ1) is 8.84. The molecule has 0 spiro atoms. The molecule has 2 heterocycles. The monoisotopic (exact) mass is 252 g/mol. The van der Waals surface area contributed by atoms with Gasteiger partial charge in [-0.25, -0.2) is 0 Å². The fraction of sp³-hybridized carbons (Fsp3) is 1.00. The molecule has 3 nitrogen and oxygen atoms in total. The van der Waals surface area contributed by atoms with Gasteiger partial charge in [-0.05, 0) is 45.2 Å². The normalized spacial score (nSPS) is 40.2. The molecule has 3 unspecified atom stereocenters. The molecule has 2 aliphatic heterocycles. The molecule has 0 aromatic rings. The summed E-state index contributed by atoms with van der Waals surface area (Å²) in [4.78, 5) is 5.28. The first kappa shape index (κ1) is 12.9. The lowest BCUT2D eigenvalue weighted by atomic mass is 10.0. The Morgan fingerprint density at radius 2 is 1.50 bits per heavy atom. The summed E-state index contributed by atoms with van der Waals surface area (Å²) in [5.41, 5.74) is 0. The van der Waals surface area contributed by atoms with E-state index in [9.17, 15) is 5.11 Å². The van der Waals surface area contributed by atoms with Crippen LogP contribution in [0.2, 0.25) is 0 Å². The Hall–Kier alpha value is -0.120. The quantitative estimate of drug-likeness (QED) is 0.760. The van der Waals surface area contributed by atoms with Crippen LogP contribution in [0.5, 0.6) is 0 Å². The summed E-state index contributed by atoms with van der Waals surface area (Å²) < 4.78 is 0. The minimum Gasteiger partial charge on any atom is -0.391 e. The first-order valence-electron chi connectivity index (χ1n) is 8.01. The molecular weight excluding hydrogens is 224 g/mol. The predicted octanol–water partition coefficient (Wildman–Crippen LogP) is 1.85. The zero-order chi connectivity index (χ0) is 12.4. The Kier molecular flexibility index (Phi) is 4.22. The van der Waals surface area contributed by atoms with Crippen LogP contribution < -0.4 is 0 Å². The van der Waals surface area contributed by atoms with Crippen molar-refractivity contribution >= 4 is 0 Å². The van der Waals surface area contributed by atoms with Gasteiger partial charge in [0.2, 0.25) is 0 Å². The van der Waals surface area contributed by atoms with Gasteiger partial charge in [0.1, 0.15) is 0 Å². The maximum atomic E-state index is 10.3. The number of aliphatic hydroxyl groups is 1. The summed E-state index contributed by atoms with van der Waals surface area (Å²) in [7, 11) is 0. The van der Waals surface area contributed by atoms with E-state index in [-0.39, 0.29) is 6.10 Å². The molecule has 0 aromatic carbocycles. The van der Waals surface area contributed by atoms with Crippen LogP contribution in [0, 0.1) is 0 Å². The van der Waals surface area contributed by atoms with Gasteiger partial charge in [0.25, 0.3) is 0 Å². The summed E-state index contributed by atoms with van der Waals surface area (Å²) in [6, 6.07) is 1.24. The molecule has 3 aliphatic rings. The molecule has 3 rings (SSSR count). The summed E-state index contributed by atoms with van der Waals surface area (Å²) in [5.74, 6) is 0. The Labute approximate surface area is 111 Å². The molecule has 3 atom stereocenters. The van der Waals surface area contributed by atoms with Crippen LogP contribution in [0.4, 0.5) is 0 Å². The lowest BCUT2D eigenvalue weighted by Gasteiger charge is -2.31. The third-order valence-electron chi connectivity index (χ3n) is 5.26. The standard InChI is InChI=1S/C15H28N2O/c18-15-7-3-1-2-6-14(15)17-11-8-13(12-17)16-9-4-5-10-16/h13-15,18H,1-12H2. The number of likely N-dealkylation sites (tertiary alicyclic amines) is 2. The van der Waals surface area contributed by atoms with E-state index in [1.807, 2.05) is 0 Å². The van der Waals surface area contributed by atoms with Crippen LogP contribution in [0.15, 0.2) is 0 Å². The van der Waals surface area contributed by atoms with Gasteiger partial charge >= 0.3 is 0 Å². The van der Waals surface area contributed by atoms with Crippen LogP contribution in [-0.4, -0.2) is 59.3 Å². The lowest BCUT2D eigenvalue weighted by Crippen LogP contribution is -2.44. The first-order valence-corrected chi connectivity index (χ1v) is 8.01. The van der Waals surface area contributed by atoms with E-state index in [1.54, 1.807) is 0 Å². The van der Waals surface area contributed by atoms with Gasteiger partial charge in [0.05, 0.1) is 6.10 Å². The summed E-state index contributed by atoms with van der Waals surface area (Å²) in [6.07, 6.45) is 10.1. The Bertz CT molecular complexity index is 265. The number of rotatable bonds is 2. The molecule has 2 saturated heterocycles. The highest BCUT2D eigenvalue weighted by Gasteiger charge is 2.35. The fourth-order valence-corrected chi connectivity index (χ4v) is 4.17. The van der Waals surface area contributed by atoms with Gasteiger partial charge < -0.3 is 5.11 Å². The van der Waals surface area contributed by atoms with Crippen LogP contribution >= 0.6 is 0 Å². The van der Waals surface area contributed by atoms with E-state index in [1.165, 1.54) is 71.1 Å². The SMILES string of the molecule is OC1CCCCCC1N1CCC(N2CCCC2)C1. The second kappa shape index (κ2) is 5.89. The maximum Gasteiger partial charge on any atom is 0.0695 e. The molecule has 1 N–H and O–H groups in total. The zero-order valence-corrected chi connectivity index (χ0v) is 11.6. The summed E-state index contributed by atoms with van der Waals surface area (Å²) in [5, 5.41) is 10.3. The lowest BCUT2D eigenvalue weighted by molar-refractivity contribution is 0.0529. The van der Waals surface area contributed by atoms with Crippen molar-refractivity contribution in [1.29, 1.82) is 0 Å². The molecule has 3 fully saturated rings. The van der Waals surface area contributed by atoms with Gasteiger partial charge in [-0.2, -0.15) is 0 Å². The van der Waals surface area contributed by atoms with Gasteiger partial charge in [-0.3, -0.25) is 9.80 Å². The smallest absolute Gasteiger partial charge is 0.0695 e. The van der Waals surface area contributed by atoms with Crippen LogP contribution in [0.1, 0.15) is 51.4 Å². The summed E-state index contributed by atoms with van der Waals surface area (Å²) in [6.45, 7) is 5.04. The van der Waals surface area contributed by atoms with Crippen molar-refractivity contribution in [2.75, 3.05) is 26.2 Å². The van der Waals surface area contributed by atoms with Gasteiger partial charge in [-0.15, -0.1) is 0 Å². The second-order valence-corrected chi connectivity index (χ2v) is 6.45. The van der Waals surface area contributed by atoms with Crippen molar-refractivity contribution in [2.24, 2.45) is 0 Å². The average Bonchev–Trinajstić information content (AvgIpc) is 3.00. The van der Waals surface area contributed by atoms with Crippen LogP contribution in [0.3, 0.4) is 0 Å². The van der Waals surface area contributed by atoms with E-state index in [2.05, 4.69) is 9.80 Å². The van der Waals surface area contributed by atoms with E-state index >= 15 is 0 Å². The maximum absolute atomic E-state index is 10.3. The van der Waals surface area contributed by atoms with Crippen molar-refractivity contribution in [2.45, 2.75) is 69.6 Å². The minimum absolute atomic E-state index is 0.0650. The van der Waals surface area contributed by atoms with E-state index in [4.69, 9.17) is 0 Å². The van der Waals surface area contributed by atoms with Gasteiger partial charge in [0.15, 0.2) is 0 Å². The number of hydrogen-bond donors (Lipinski definition) is 1. The molecule has 18 heavy (non-hydrogen) atoms. The largest absolute Gasteiger partial charge is 0.391 e. The number of aliphatic hydroxyl groups excluding tert-OH is 1. The highest BCUT2D eigenvalue weighted by Crippen LogP contribution is 2.28. The number of hydrogen-bond acceptors (Lipinski definition) is 3. The topological polar surface area (TPSA) is 26.7 Å². The minimum atomic E-state index is -0.0650. The Balaban J connectivity index is 1.56. The fourth-order valence-electron chi connectivity index (χ4n) is 4.17.